The summed E-state index contributed by atoms with van der Waals surface area (Å²) in [5.41, 5.74) is 3.23. The Morgan fingerprint density at radius 2 is 1.51 bits per heavy atom. The minimum absolute atomic E-state index is 0.00533. The molecule has 0 heterocycles. The Labute approximate surface area is 214 Å². The average molecular weight is 489 g/mol. The number of hydrogen-bond acceptors (Lipinski definition) is 3. The number of carbonyl (C=O) groups is 2. The molecule has 5 heteroatoms. The molecule has 0 aliphatic carbocycles. The molecule has 0 saturated heterocycles. The smallest absolute Gasteiger partial charge is 0.243 e. The van der Waals surface area contributed by atoms with Crippen LogP contribution in [0.1, 0.15) is 43.4 Å². The number of carbonyl (C=O) groups excluding carboxylic acids is 2. The highest BCUT2D eigenvalue weighted by Gasteiger charge is 2.30. The number of thioether (sulfide) groups is 1. The predicted molar refractivity (Wildman–Crippen MR) is 145 cm³/mol. The van der Waals surface area contributed by atoms with Gasteiger partial charge < -0.3 is 10.2 Å². The van der Waals surface area contributed by atoms with Gasteiger partial charge in [0.15, 0.2) is 0 Å². The van der Waals surface area contributed by atoms with Crippen molar-refractivity contribution in [3.63, 3.8) is 0 Å². The van der Waals surface area contributed by atoms with Crippen LogP contribution in [-0.4, -0.2) is 34.6 Å². The maximum absolute atomic E-state index is 13.6. The molecule has 0 saturated carbocycles. The SMILES string of the molecule is CC[C@@H](C)NC(=O)[C@@H](Cc1ccccc1)N(Cc1ccc(C)cc1)C(=O)CCSc1ccccc1. The van der Waals surface area contributed by atoms with Gasteiger partial charge in [0.2, 0.25) is 11.8 Å². The molecule has 2 amide bonds. The molecule has 1 N–H and O–H groups in total. The lowest BCUT2D eigenvalue weighted by atomic mass is 10.0. The van der Waals surface area contributed by atoms with E-state index in [1.807, 2.05) is 81.4 Å². The summed E-state index contributed by atoms with van der Waals surface area (Å²) in [7, 11) is 0. The summed E-state index contributed by atoms with van der Waals surface area (Å²) >= 11 is 1.66. The molecule has 184 valence electrons. The number of nitrogens with zero attached hydrogens (tertiary/aromatic N) is 1. The van der Waals surface area contributed by atoms with E-state index in [4.69, 9.17) is 0 Å². The molecule has 0 fully saturated rings. The minimum Gasteiger partial charge on any atom is -0.352 e. The van der Waals surface area contributed by atoms with Gasteiger partial charge in [-0.1, -0.05) is 85.3 Å². The molecule has 0 radical (unpaired) electrons. The summed E-state index contributed by atoms with van der Waals surface area (Å²) in [6, 6.07) is 27.7. The standard InChI is InChI=1S/C30H36N2O2S/c1-4-24(3)31-30(34)28(21-25-11-7-5-8-12-25)32(22-26-17-15-23(2)16-18-26)29(33)19-20-35-27-13-9-6-10-14-27/h5-18,24,28H,4,19-22H2,1-3H3,(H,31,34)/t24-,28-/m1/s1. The number of hydrogen-bond donors (Lipinski definition) is 1. The predicted octanol–water partition coefficient (Wildman–Crippen LogP) is 6.03. The van der Waals surface area contributed by atoms with Gasteiger partial charge in [0.25, 0.3) is 0 Å². The van der Waals surface area contributed by atoms with Crippen molar-refractivity contribution in [3.8, 4) is 0 Å². The van der Waals surface area contributed by atoms with E-state index in [9.17, 15) is 9.59 Å². The third-order valence-electron chi connectivity index (χ3n) is 6.07. The van der Waals surface area contributed by atoms with Crippen molar-refractivity contribution in [2.75, 3.05) is 5.75 Å². The van der Waals surface area contributed by atoms with Crippen LogP contribution >= 0.6 is 11.8 Å². The first-order valence-electron chi connectivity index (χ1n) is 12.3. The van der Waals surface area contributed by atoms with Crippen molar-refractivity contribution in [3.05, 3.63) is 102 Å². The Morgan fingerprint density at radius 1 is 0.886 bits per heavy atom. The van der Waals surface area contributed by atoms with Crippen molar-refractivity contribution < 1.29 is 9.59 Å². The maximum atomic E-state index is 13.6. The summed E-state index contributed by atoms with van der Waals surface area (Å²) in [5, 5.41) is 3.12. The monoisotopic (exact) mass is 488 g/mol. The highest BCUT2D eigenvalue weighted by Crippen LogP contribution is 2.21. The Morgan fingerprint density at radius 3 is 2.14 bits per heavy atom. The van der Waals surface area contributed by atoms with Crippen LogP contribution < -0.4 is 5.32 Å². The van der Waals surface area contributed by atoms with Crippen LogP contribution in [0.5, 0.6) is 0 Å². The van der Waals surface area contributed by atoms with Crippen LogP contribution in [0, 0.1) is 6.92 Å². The van der Waals surface area contributed by atoms with Gasteiger partial charge in [-0.15, -0.1) is 11.8 Å². The molecular weight excluding hydrogens is 452 g/mol. The van der Waals surface area contributed by atoms with E-state index in [1.54, 1.807) is 16.7 Å². The second kappa shape index (κ2) is 13.7. The van der Waals surface area contributed by atoms with E-state index >= 15 is 0 Å². The van der Waals surface area contributed by atoms with Crippen LogP contribution in [0.3, 0.4) is 0 Å². The third-order valence-corrected chi connectivity index (χ3v) is 7.09. The van der Waals surface area contributed by atoms with E-state index in [0.717, 1.165) is 22.4 Å². The van der Waals surface area contributed by atoms with Gasteiger partial charge in [-0.05, 0) is 43.5 Å². The molecule has 0 spiro atoms. The normalized spacial score (nSPS) is 12.5. The summed E-state index contributed by atoms with van der Waals surface area (Å²) in [6.07, 6.45) is 1.68. The van der Waals surface area contributed by atoms with Crippen molar-refractivity contribution in [1.29, 1.82) is 0 Å². The van der Waals surface area contributed by atoms with E-state index < -0.39 is 6.04 Å². The van der Waals surface area contributed by atoms with E-state index in [2.05, 4.69) is 29.6 Å². The van der Waals surface area contributed by atoms with Crippen LogP contribution in [0.15, 0.2) is 89.8 Å². The zero-order valence-electron chi connectivity index (χ0n) is 20.9. The Hall–Kier alpha value is -3.05. The van der Waals surface area contributed by atoms with Gasteiger partial charge in [0.1, 0.15) is 6.04 Å². The molecule has 0 aliphatic rings. The second-order valence-electron chi connectivity index (χ2n) is 8.94. The molecule has 0 bridgehead atoms. The molecule has 2 atom stereocenters. The molecule has 3 aromatic rings. The first kappa shape index (κ1) is 26.6. The summed E-state index contributed by atoms with van der Waals surface area (Å²) in [5.74, 6) is 0.562. The van der Waals surface area contributed by atoms with Crippen LogP contribution in [0.25, 0.3) is 0 Å². The lowest BCUT2D eigenvalue weighted by Crippen LogP contribution is -2.52. The molecule has 4 nitrogen and oxygen atoms in total. The lowest BCUT2D eigenvalue weighted by Gasteiger charge is -2.32. The Balaban J connectivity index is 1.85. The van der Waals surface area contributed by atoms with Crippen molar-refractivity contribution in [1.82, 2.24) is 10.2 Å². The summed E-state index contributed by atoms with van der Waals surface area (Å²) in [4.78, 5) is 30.0. The third kappa shape index (κ3) is 8.59. The van der Waals surface area contributed by atoms with Gasteiger partial charge in [-0.3, -0.25) is 9.59 Å². The summed E-state index contributed by atoms with van der Waals surface area (Å²) in [6.45, 7) is 6.50. The van der Waals surface area contributed by atoms with Gasteiger partial charge in [0.05, 0.1) is 0 Å². The van der Waals surface area contributed by atoms with E-state index in [1.165, 1.54) is 5.56 Å². The van der Waals surface area contributed by atoms with Crippen molar-refractivity contribution >= 4 is 23.6 Å². The molecule has 3 rings (SSSR count). The number of aryl methyl sites for hydroxylation is 1. The molecular formula is C30H36N2O2S. The quantitative estimate of drug-likeness (QED) is 0.317. The van der Waals surface area contributed by atoms with E-state index in [-0.39, 0.29) is 17.9 Å². The molecule has 0 aliphatic heterocycles. The first-order chi connectivity index (χ1) is 17.0. The molecule has 0 aromatic heterocycles. The topological polar surface area (TPSA) is 49.4 Å². The van der Waals surface area contributed by atoms with Gasteiger partial charge in [0, 0.05) is 36.1 Å². The Kier molecular flexibility index (Phi) is 10.4. The number of benzene rings is 3. The fraction of sp³-hybridized carbons (Fsp3) is 0.333. The van der Waals surface area contributed by atoms with Gasteiger partial charge >= 0.3 is 0 Å². The van der Waals surface area contributed by atoms with Gasteiger partial charge in [-0.2, -0.15) is 0 Å². The zero-order chi connectivity index (χ0) is 25.0. The van der Waals surface area contributed by atoms with Gasteiger partial charge in [-0.25, -0.2) is 0 Å². The van der Waals surface area contributed by atoms with E-state index in [0.29, 0.717) is 25.1 Å². The van der Waals surface area contributed by atoms with Crippen LogP contribution in [0.4, 0.5) is 0 Å². The minimum atomic E-state index is -0.582. The summed E-state index contributed by atoms with van der Waals surface area (Å²) < 4.78 is 0. The van der Waals surface area contributed by atoms with Crippen LogP contribution in [-0.2, 0) is 22.6 Å². The first-order valence-corrected chi connectivity index (χ1v) is 13.3. The second-order valence-corrected chi connectivity index (χ2v) is 10.1. The lowest BCUT2D eigenvalue weighted by molar-refractivity contribution is -0.141. The fourth-order valence-corrected chi connectivity index (χ4v) is 4.66. The number of nitrogens with one attached hydrogen (secondary N) is 1. The fourth-order valence-electron chi connectivity index (χ4n) is 3.80. The number of amides is 2. The number of rotatable bonds is 12. The zero-order valence-corrected chi connectivity index (χ0v) is 21.8. The Bertz CT molecular complexity index is 1050. The average Bonchev–Trinajstić information content (AvgIpc) is 2.88. The molecule has 0 unspecified atom stereocenters. The maximum Gasteiger partial charge on any atom is 0.243 e. The van der Waals surface area contributed by atoms with Crippen LogP contribution in [0.2, 0.25) is 0 Å². The molecule has 3 aromatic carbocycles. The highest BCUT2D eigenvalue weighted by atomic mass is 32.2. The largest absolute Gasteiger partial charge is 0.352 e. The molecule has 35 heavy (non-hydrogen) atoms. The highest BCUT2D eigenvalue weighted by molar-refractivity contribution is 7.99. The van der Waals surface area contributed by atoms with Crippen molar-refractivity contribution in [2.45, 2.75) is 63.6 Å². The van der Waals surface area contributed by atoms with Crippen molar-refractivity contribution in [2.24, 2.45) is 0 Å².